The first-order chi connectivity index (χ1) is 21.7. The van der Waals surface area contributed by atoms with Gasteiger partial charge in [-0.05, 0) is 48.4 Å². The van der Waals surface area contributed by atoms with Crippen LogP contribution in [-0.4, -0.2) is 53.9 Å². The second-order valence-corrected chi connectivity index (χ2v) is 10.3. The van der Waals surface area contributed by atoms with E-state index in [-0.39, 0.29) is 37.5 Å². The molecule has 45 heavy (non-hydrogen) atoms. The van der Waals surface area contributed by atoms with Gasteiger partial charge in [0.25, 0.3) is 0 Å². The highest BCUT2D eigenvalue weighted by Gasteiger charge is 2.19. The van der Waals surface area contributed by atoms with E-state index >= 15 is 0 Å². The molecule has 0 radical (unpaired) electrons. The smallest absolute Gasteiger partial charge is 0.323 e. The van der Waals surface area contributed by atoms with Crippen molar-refractivity contribution in [2.45, 2.75) is 25.8 Å². The van der Waals surface area contributed by atoms with Crippen LogP contribution in [0.3, 0.4) is 0 Å². The monoisotopic (exact) mass is 609 g/mol. The zero-order chi connectivity index (χ0) is 32.2. The van der Waals surface area contributed by atoms with E-state index in [9.17, 15) is 24.3 Å². The minimum Gasteiger partial charge on any atom is -0.495 e. The molecule has 0 aliphatic heterocycles. The van der Waals surface area contributed by atoms with Crippen LogP contribution in [0.2, 0.25) is 0 Å². The Balaban J connectivity index is 1.29. The molecule has 4 aromatic rings. The summed E-state index contributed by atoms with van der Waals surface area (Å²) in [5, 5.41) is 21.0. The summed E-state index contributed by atoms with van der Waals surface area (Å²) in [5.74, 6) is -0.859. The summed E-state index contributed by atoms with van der Waals surface area (Å²) in [7, 11) is 1.49. The lowest BCUT2D eigenvalue weighted by Crippen LogP contribution is -2.30. The number of aliphatic carboxylic acids is 1. The summed E-state index contributed by atoms with van der Waals surface area (Å²) in [5.41, 5.74) is 4.38. The lowest BCUT2D eigenvalue weighted by Gasteiger charge is -2.17. The number of methoxy groups -OCH3 is 1. The number of amides is 2. The normalized spacial score (nSPS) is 11.2. The molecule has 0 saturated carbocycles. The maximum atomic E-state index is 12.7. The number of pyridine rings is 1. The SMILES string of the molecule is COc1cc(CC(=O)CNc2ccc(C(CC(=O)O)NCC(=O)c3ccccc3)nc2)ccc1NC(=O)Nc1ccccc1C. The Bertz CT molecular complexity index is 1640. The number of carbonyl (C=O) groups excluding carboxylic acids is 3. The first-order valence-corrected chi connectivity index (χ1v) is 14.3. The van der Waals surface area contributed by atoms with E-state index in [4.69, 9.17) is 4.74 Å². The molecule has 0 aliphatic carbocycles. The highest BCUT2D eigenvalue weighted by molar-refractivity contribution is 6.01. The summed E-state index contributed by atoms with van der Waals surface area (Å²) in [6.07, 6.45) is 1.39. The van der Waals surface area contributed by atoms with Crippen LogP contribution in [0.15, 0.2) is 91.1 Å². The summed E-state index contributed by atoms with van der Waals surface area (Å²) in [4.78, 5) is 53.5. The Labute approximate surface area is 261 Å². The summed E-state index contributed by atoms with van der Waals surface area (Å²) >= 11 is 0. The van der Waals surface area contributed by atoms with Gasteiger partial charge in [0, 0.05) is 17.7 Å². The zero-order valence-electron chi connectivity index (χ0n) is 25.0. The largest absolute Gasteiger partial charge is 0.495 e. The van der Waals surface area contributed by atoms with E-state index in [1.54, 1.807) is 54.6 Å². The van der Waals surface area contributed by atoms with Crippen molar-refractivity contribution in [1.82, 2.24) is 10.3 Å². The van der Waals surface area contributed by atoms with Crippen LogP contribution >= 0.6 is 0 Å². The second kappa shape index (κ2) is 15.8. The van der Waals surface area contributed by atoms with E-state index < -0.39 is 18.0 Å². The number of carbonyl (C=O) groups is 4. The molecule has 0 saturated heterocycles. The molecule has 232 valence electrons. The Kier molecular flexibility index (Phi) is 11.4. The number of carboxylic acids is 1. The van der Waals surface area contributed by atoms with Crippen molar-refractivity contribution in [3.8, 4) is 5.75 Å². The Hall–Kier alpha value is -5.55. The molecule has 1 aromatic heterocycles. The quantitative estimate of drug-likeness (QED) is 0.113. The van der Waals surface area contributed by atoms with E-state index in [2.05, 4.69) is 26.3 Å². The lowest BCUT2D eigenvalue weighted by molar-refractivity contribution is -0.137. The van der Waals surface area contributed by atoms with E-state index in [1.165, 1.54) is 13.3 Å². The van der Waals surface area contributed by atoms with Crippen molar-refractivity contribution >= 4 is 40.6 Å². The van der Waals surface area contributed by atoms with Gasteiger partial charge >= 0.3 is 12.0 Å². The van der Waals surface area contributed by atoms with Crippen molar-refractivity contribution in [3.63, 3.8) is 0 Å². The van der Waals surface area contributed by atoms with E-state index in [0.717, 1.165) is 5.56 Å². The maximum Gasteiger partial charge on any atom is 0.323 e. The average Bonchev–Trinajstić information content (AvgIpc) is 3.04. The van der Waals surface area contributed by atoms with Crippen molar-refractivity contribution in [1.29, 1.82) is 0 Å². The zero-order valence-corrected chi connectivity index (χ0v) is 25.0. The van der Waals surface area contributed by atoms with Crippen molar-refractivity contribution in [2.75, 3.05) is 36.1 Å². The van der Waals surface area contributed by atoms with Crippen LogP contribution in [0, 0.1) is 6.92 Å². The number of Topliss-reactive ketones (excluding diaryl/α,β-unsaturated/α-hetero) is 2. The molecule has 0 fully saturated rings. The fourth-order valence-corrected chi connectivity index (χ4v) is 4.54. The number of aromatic nitrogens is 1. The number of carboxylic acid groups (broad SMARTS) is 1. The molecule has 1 heterocycles. The van der Waals surface area contributed by atoms with Gasteiger partial charge in [0.1, 0.15) is 5.75 Å². The van der Waals surface area contributed by atoms with Crippen LogP contribution in [0.5, 0.6) is 5.75 Å². The topological polar surface area (TPSA) is 159 Å². The molecular weight excluding hydrogens is 574 g/mol. The summed E-state index contributed by atoms with van der Waals surface area (Å²) < 4.78 is 5.44. The Morgan fingerprint density at radius 3 is 2.29 bits per heavy atom. The van der Waals surface area contributed by atoms with Gasteiger partial charge in [-0.1, -0.05) is 54.6 Å². The number of rotatable bonds is 15. The van der Waals surface area contributed by atoms with Crippen molar-refractivity contribution in [3.05, 3.63) is 114 Å². The highest BCUT2D eigenvalue weighted by Crippen LogP contribution is 2.26. The van der Waals surface area contributed by atoms with Gasteiger partial charge < -0.3 is 31.1 Å². The van der Waals surface area contributed by atoms with Crippen LogP contribution in [0.25, 0.3) is 0 Å². The van der Waals surface area contributed by atoms with Gasteiger partial charge in [-0.25, -0.2) is 4.79 Å². The highest BCUT2D eigenvalue weighted by atomic mass is 16.5. The van der Waals surface area contributed by atoms with Gasteiger partial charge in [-0.15, -0.1) is 0 Å². The molecule has 0 aliphatic rings. The lowest BCUT2D eigenvalue weighted by atomic mass is 10.1. The number of benzene rings is 3. The van der Waals surface area contributed by atoms with Crippen LogP contribution in [0.4, 0.5) is 21.9 Å². The predicted molar refractivity (Wildman–Crippen MR) is 172 cm³/mol. The molecule has 11 heteroatoms. The number of hydrogen-bond donors (Lipinski definition) is 5. The van der Waals surface area contributed by atoms with Gasteiger partial charge in [0.2, 0.25) is 0 Å². The third-order valence-electron chi connectivity index (χ3n) is 6.93. The molecule has 4 rings (SSSR count). The number of nitrogens with zero attached hydrogens (tertiary/aromatic N) is 1. The molecule has 2 amide bonds. The van der Waals surface area contributed by atoms with Gasteiger partial charge in [-0.3, -0.25) is 19.4 Å². The number of nitrogens with one attached hydrogen (secondary N) is 4. The third kappa shape index (κ3) is 9.73. The molecule has 5 N–H and O–H groups in total. The van der Waals surface area contributed by atoms with E-state index in [1.807, 2.05) is 37.3 Å². The maximum absolute atomic E-state index is 12.7. The van der Waals surface area contributed by atoms with Gasteiger partial charge in [-0.2, -0.15) is 0 Å². The molecule has 1 unspecified atom stereocenters. The summed E-state index contributed by atoms with van der Waals surface area (Å²) in [6.45, 7) is 1.89. The van der Waals surface area contributed by atoms with Gasteiger partial charge in [0.05, 0.1) is 55.9 Å². The number of hydrogen-bond acceptors (Lipinski definition) is 8. The minimum absolute atomic E-state index is 0.0323. The molecule has 0 bridgehead atoms. The predicted octanol–water partition coefficient (Wildman–Crippen LogP) is 5.25. The molecule has 0 spiro atoms. The van der Waals surface area contributed by atoms with E-state index in [0.29, 0.717) is 39.6 Å². The Morgan fingerprint density at radius 1 is 0.867 bits per heavy atom. The Morgan fingerprint density at radius 2 is 1.60 bits per heavy atom. The number of aryl methyl sites for hydroxylation is 1. The third-order valence-corrected chi connectivity index (χ3v) is 6.93. The second-order valence-electron chi connectivity index (χ2n) is 10.3. The fourth-order valence-electron chi connectivity index (χ4n) is 4.54. The number of ether oxygens (including phenoxy) is 1. The van der Waals surface area contributed by atoms with Crippen LogP contribution < -0.4 is 26.0 Å². The molecule has 1 atom stereocenters. The van der Waals surface area contributed by atoms with Crippen LogP contribution in [-0.2, 0) is 16.0 Å². The minimum atomic E-state index is -1.03. The van der Waals surface area contributed by atoms with Gasteiger partial charge in [0.15, 0.2) is 11.6 Å². The first-order valence-electron chi connectivity index (χ1n) is 14.3. The molecule has 11 nitrogen and oxygen atoms in total. The van der Waals surface area contributed by atoms with Crippen LogP contribution in [0.1, 0.15) is 39.6 Å². The number of urea groups is 1. The number of anilines is 3. The summed E-state index contributed by atoms with van der Waals surface area (Å²) in [6, 6.07) is 23.6. The number of para-hydroxylation sites is 1. The standard InChI is InChI=1S/C34H35N5O6/c1-22-8-6-7-11-27(22)38-34(44)39-29-14-12-23(17-32(29)45-2)16-26(40)20-35-25-13-15-28(36-19-25)30(18-33(42)43)37-21-31(41)24-9-4-3-5-10-24/h3-15,17,19,30,35,37H,16,18,20-21H2,1-2H3,(H,42,43)(H2,38,39,44). The van der Waals surface area contributed by atoms with Crippen molar-refractivity contribution in [2.24, 2.45) is 0 Å². The number of ketones is 2. The molecule has 3 aromatic carbocycles. The average molecular weight is 610 g/mol. The first kappa shape index (κ1) is 32.4. The fraction of sp³-hybridized carbons (Fsp3) is 0.206. The van der Waals surface area contributed by atoms with Crippen molar-refractivity contribution < 1.29 is 29.0 Å². The molecular formula is C34H35N5O6.